The highest BCUT2D eigenvalue weighted by Gasteiger charge is 2.64. The first-order chi connectivity index (χ1) is 14.4. The minimum Gasteiger partial charge on any atom is -0.462 e. The maximum atomic E-state index is 11.5. The van der Waals surface area contributed by atoms with Crippen molar-refractivity contribution >= 4 is 5.97 Å². The van der Waals surface area contributed by atoms with Gasteiger partial charge in [0.25, 0.3) is 0 Å². The third kappa shape index (κ3) is 2.69. The van der Waals surface area contributed by atoms with E-state index < -0.39 is 0 Å². The number of rotatable bonds is 1. The fourth-order valence-electron chi connectivity index (χ4n) is 9.98. The third-order valence-electron chi connectivity index (χ3n) is 11.1. The molecule has 9 atom stereocenters. The van der Waals surface area contributed by atoms with Gasteiger partial charge >= 0.3 is 5.97 Å². The van der Waals surface area contributed by atoms with Gasteiger partial charge in [-0.15, -0.1) is 0 Å². The quantitative estimate of drug-likeness (QED) is 0.407. The molecule has 4 aliphatic carbocycles. The van der Waals surface area contributed by atoms with E-state index in [4.69, 9.17) is 4.74 Å². The molecule has 0 aromatic rings. The second-order valence-corrected chi connectivity index (χ2v) is 12.3. The lowest BCUT2D eigenvalue weighted by atomic mass is 9.47. The molecule has 0 aromatic heterocycles. The first-order valence-electron chi connectivity index (χ1n) is 13.0. The standard InChI is InChI=1S/C27H41NO2/c1-17(29)30-21-9-11-26(2)19(16-21)7-8-22-23(26)10-12-27(3)24(22)15-18-14-20-6-4-5-13-28(20)25(18)27/h7,18,20-25H,4-6,8-16H2,1-3H3. The summed E-state index contributed by atoms with van der Waals surface area (Å²) in [6, 6.07) is 1.79. The number of hydrogen-bond acceptors (Lipinski definition) is 3. The Bertz CT molecular complexity index is 760. The van der Waals surface area contributed by atoms with Crippen LogP contribution in [0.15, 0.2) is 11.6 Å². The molecule has 0 radical (unpaired) electrons. The summed E-state index contributed by atoms with van der Waals surface area (Å²) in [6.45, 7) is 8.21. The molecule has 0 spiro atoms. The number of nitrogens with zero attached hydrogens (tertiary/aromatic N) is 1. The molecule has 0 amide bonds. The van der Waals surface area contributed by atoms with Gasteiger partial charge in [0.05, 0.1) is 0 Å². The van der Waals surface area contributed by atoms with Gasteiger partial charge in [0.1, 0.15) is 6.10 Å². The van der Waals surface area contributed by atoms with Gasteiger partial charge in [0, 0.05) is 25.4 Å². The Kier molecular flexibility index (Phi) is 4.52. The van der Waals surface area contributed by atoms with Crippen LogP contribution < -0.4 is 0 Å². The van der Waals surface area contributed by atoms with Gasteiger partial charge in [-0.2, -0.15) is 0 Å². The average molecular weight is 412 g/mol. The van der Waals surface area contributed by atoms with Crippen molar-refractivity contribution in [1.29, 1.82) is 0 Å². The van der Waals surface area contributed by atoms with Crippen molar-refractivity contribution in [2.75, 3.05) is 6.54 Å². The van der Waals surface area contributed by atoms with Gasteiger partial charge in [-0.25, -0.2) is 0 Å². The summed E-state index contributed by atoms with van der Waals surface area (Å²) in [5.74, 6) is 3.52. The summed E-state index contributed by atoms with van der Waals surface area (Å²) in [7, 11) is 0. The highest BCUT2D eigenvalue weighted by molar-refractivity contribution is 5.66. The molecule has 6 rings (SSSR count). The van der Waals surface area contributed by atoms with Crippen molar-refractivity contribution in [2.45, 2.75) is 110 Å². The molecule has 2 heterocycles. The van der Waals surface area contributed by atoms with E-state index in [0.717, 1.165) is 48.6 Å². The van der Waals surface area contributed by atoms with Gasteiger partial charge in [0.2, 0.25) is 0 Å². The Balaban J connectivity index is 1.26. The summed E-state index contributed by atoms with van der Waals surface area (Å²) in [4.78, 5) is 14.5. The molecule has 166 valence electrons. The van der Waals surface area contributed by atoms with Crippen LogP contribution in [0.5, 0.6) is 0 Å². The van der Waals surface area contributed by atoms with Crippen LogP contribution in [0.1, 0.15) is 91.4 Å². The van der Waals surface area contributed by atoms with Crippen LogP contribution in [0.25, 0.3) is 0 Å². The number of fused-ring (bicyclic) bond motifs is 9. The van der Waals surface area contributed by atoms with Crippen LogP contribution >= 0.6 is 0 Å². The molecule has 3 nitrogen and oxygen atoms in total. The Morgan fingerprint density at radius 2 is 1.97 bits per heavy atom. The van der Waals surface area contributed by atoms with Crippen LogP contribution in [-0.2, 0) is 9.53 Å². The smallest absolute Gasteiger partial charge is 0.302 e. The number of allylic oxidation sites excluding steroid dienone is 1. The number of piperidine rings is 1. The summed E-state index contributed by atoms with van der Waals surface area (Å²) < 4.78 is 5.62. The van der Waals surface area contributed by atoms with Crippen LogP contribution in [0.3, 0.4) is 0 Å². The molecular weight excluding hydrogens is 370 g/mol. The molecule has 9 unspecified atom stereocenters. The van der Waals surface area contributed by atoms with Gasteiger partial charge in [-0.05, 0) is 98.8 Å². The molecule has 6 aliphatic rings. The van der Waals surface area contributed by atoms with Gasteiger partial charge < -0.3 is 4.74 Å². The highest BCUT2D eigenvalue weighted by atomic mass is 16.5. The molecule has 5 fully saturated rings. The number of carbonyl (C=O) groups is 1. The predicted octanol–water partition coefficient (Wildman–Crippen LogP) is 5.73. The summed E-state index contributed by atoms with van der Waals surface area (Å²) in [5.41, 5.74) is 2.53. The Morgan fingerprint density at radius 1 is 1.10 bits per heavy atom. The second kappa shape index (κ2) is 6.83. The lowest BCUT2D eigenvalue weighted by Gasteiger charge is -2.59. The lowest BCUT2D eigenvalue weighted by Crippen LogP contribution is -2.55. The zero-order valence-electron chi connectivity index (χ0n) is 19.4. The molecular formula is C27H41NO2. The van der Waals surface area contributed by atoms with E-state index in [0.29, 0.717) is 10.8 Å². The van der Waals surface area contributed by atoms with E-state index in [1.165, 1.54) is 64.3 Å². The summed E-state index contributed by atoms with van der Waals surface area (Å²) in [6.07, 6.45) is 17.5. The fourth-order valence-corrected chi connectivity index (χ4v) is 9.98. The Hall–Kier alpha value is -0.830. The predicted molar refractivity (Wildman–Crippen MR) is 119 cm³/mol. The Morgan fingerprint density at radius 3 is 2.80 bits per heavy atom. The minimum absolute atomic E-state index is 0.111. The topological polar surface area (TPSA) is 29.5 Å². The number of hydrogen-bond donors (Lipinski definition) is 0. The third-order valence-corrected chi connectivity index (χ3v) is 11.1. The van der Waals surface area contributed by atoms with Gasteiger partial charge in [-0.1, -0.05) is 31.9 Å². The maximum Gasteiger partial charge on any atom is 0.302 e. The van der Waals surface area contributed by atoms with Gasteiger partial charge in [-0.3, -0.25) is 9.69 Å². The summed E-state index contributed by atoms with van der Waals surface area (Å²) in [5, 5.41) is 0. The fraction of sp³-hybridized carbons (Fsp3) is 0.889. The van der Waals surface area contributed by atoms with Crippen LogP contribution in [0.4, 0.5) is 0 Å². The molecule has 2 saturated heterocycles. The monoisotopic (exact) mass is 411 g/mol. The SMILES string of the molecule is CC(=O)OC1CCC2(C)C(=CCC3C2CCC2(C)C3CC3CC4CCCCN4C32)C1. The van der Waals surface area contributed by atoms with Crippen molar-refractivity contribution in [3.05, 3.63) is 11.6 Å². The van der Waals surface area contributed by atoms with E-state index in [9.17, 15) is 4.79 Å². The van der Waals surface area contributed by atoms with Crippen molar-refractivity contribution in [3.63, 3.8) is 0 Å². The molecule has 30 heavy (non-hydrogen) atoms. The maximum absolute atomic E-state index is 11.5. The minimum atomic E-state index is -0.111. The molecule has 0 N–H and O–H groups in total. The molecule has 3 heteroatoms. The lowest BCUT2D eigenvalue weighted by molar-refractivity contribution is -0.148. The number of carbonyl (C=O) groups excluding carboxylic acids is 1. The van der Waals surface area contributed by atoms with E-state index in [1.54, 1.807) is 12.5 Å². The zero-order chi connectivity index (χ0) is 20.7. The van der Waals surface area contributed by atoms with Gasteiger partial charge in [0.15, 0.2) is 0 Å². The van der Waals surface area contributed by atoms with E-state index in [2.05, 4.69) is 24.8 Å². The van der Waals surface area contributed by atoms with E-state index in [-0.39, 0.29) is 12.1 Å². The molecule has 0 bridgehead atoms. The second-order valence-electron chi connectivity index (χ2n) is 12.3. The van der Waals surface area contributed by atoms with Crippen LogP contribution in [-0.4, -0.2) is 35.6 Å². The first kappa shape index (κ1) is 19.8. The molecule has 0 aromatic carbocycles. The van der Waals surface area contributed by atoms with E-state index >= 15 is 0 Å². The first-order valence-corrected chi connectivity index (χ1v) is 13.0. The number of ether oxygens (including phenoxy) is 1. The Labute approximate surface area is 183 Å². The van der Waals surface area contributed by atoms with Crippen molar-refractivity contribution < 1.29 is 9.53 Å². The van der Waals surface area contributed by atoms with Crippen molar-refractivity contribution in [3.8, 4) is 0 Å². The average Bonchev–Trinajstić information content (AvgIpc) is 3.22. The van der Waals surface area contributed by atoms with Crippen LogP contribution in [0, 0.1) is 34.5 Å². The summed E-state index contributed by atoms with van der Waals surface area (Å²) >= 11 is 0. The zero-order valence-corrected chi connectivity index (χ0v) is 19.4. The normalized spacial score (nSPS) is 52.4. The largest absolute Gasteiger partial charge is 0.462 e. The van der Waals surface area contributed by atoms with Crippen molar-refractivity contribution in [2.24, 2.45) is 34.5 Å². The van der Waals surface area contributed by atoms with E-state index in [1.807, 2.05) is 0 Å². The van der Waals surface area contributed by atoms with Crippen molar-refractivity contribution in [1.82, 2.24) is 4.90 Å². The molecule has 3 saturated carbocycles. The van der Waals surface area contributed by atoms with Crippen LogP contribution in [0.2, 0.25) is 0 Å². The molecule has 2 aliphatic heterocycles. The number of esters is 1. The highest BCUT2D eigenvalue weighted by Crippen LogP contribution is 2.68.